The van der Waals surface area contributed by atoms with E-state index in [0.717, 1.165) is 23.4 Å². The lowest BCUT2D eigenvalue weighted by Crippen LogP contribution is -2.05. The van der Waals surface area contributed by atoms with Crippen LogP contribution in [-0.4, -0.2) is 9.97 Å². The van der Waals surface area contributed by atoms with Crippen LogP contribution in [0.3, 0.4) is 0 Å². The lowest BCUT2D eigenvalue weighted by atomic mass is 10.2. The van der Waals surface area contributed by atoms with Crippen LogP contribution in [0.2, 0.25) is 0 Å². The van der Waals surface area contributed by atoms with Crippen LogP contribution in [0.4, 0.5) is 13.2 Å². The van der Waals surface area contributed by atoms with Crippen molar-refractivity contribution in [2.75, 3.05) is 0 Å². The molecule has 2 rings (SSSR count). The molecule has 2 aromatic heterocycles. The van der Waals surface area contributed by atoms with E-state index < -0.39 is 11.7 Å². The van der Waals surface area contributed by atoms with Gasteiger partial charge in [0.25, 0.3) is 0 Å². The normalized spacial score (nSPS) is 11.7. The number of nitrogens with zero attached hydrogens (tertiary/aromatic N) is 2. The topological polar surface area (TPSA) is 51.8 Å². The van der Waals surface area contributed by atoms with Gasteiger partial charge in [0.2, 0.25) is 0 Å². The Morgan fingerprint density at radius 2 is 1.95 bits per heavy atom. The number of halogens is 3. The molecular formula is C13H12F3N3S. The summed E-state index contributed by atoms with van der Waals surface area (Å²) in [7, 11) is 0. The van der Waals surface area contributed by atoms with Crippen molar-refractivity contribution in [2.45, 2.75) is 29.7 Å². The van der Waals surface area contributed by atoms with Crippen molar-refractivity contribution in [2.24, 2.45) is 5.73 Å². The number of alkyl halides is 3. The highest BCUT2D eigenvalue weighted by atomic mass is 32.2. The van der Waals surface area contributed by atoms with Gasteiger partial charge in [0.15, 0.2) is 0 Å². The molecule has 20 heavy (non-hydrogen) atoms. The molecule has 0 saturated carbocycles. The van der Waals surface area contributed by atoms with Crippen LogP contribution in [0.15, 0.2) is 40.6 Å². The van der Waals surface area contributed by atoms with Crippen molar-refractivity contribution in [1.82, 2.24) is 9.97 Å². The van der Waals surface area contributed by atoms with Gasteiger partial charge in [0.1, 0.15) is 10.1 Å². The standard InChI is InChI=1S/C13H12F3N3S/c1-8-4-5-18-12(10(8)6-17)20-11-3-2-9(7-19-11)13(14,15)16/h2-5,7H,6,17H2,1H3. The number of hydrogen-bond donors (Lipinski definition) is 1. The van der Waals surface area contributed by atoms with E-state index in [1.54, 1.807) is 6.20 Å². The van der Waals surface area contributed by atoms with E-state index in [1.807, 2.05) is 13.0 Å². The van der Waals surface area contributed by atoms with E-state index in [1.165, 1.54) is 17.8 Å². The maximum absolute atomic E-state index is 12.4. The van der Waals surface area contributed by atoms with E-state index >= 15 is 0 Å². The highest BCUT2D eigenvalue weighted by Gasteiger charge is 2.30. The first kappa shape index (κ1) is 14.8. The van der Waals surface area contributed by atoms with Crippen molar-refractivity contribution in [1.29, 1.82) is 0 Å². The molecule has 2 N–H and O–H groups in total. The zero-order valence-corrected chi connectivity index (χ0v) is 11.4. The Kier molecular flexibility index (Phi) is 4.29. The summed E-state index contributed by atoms with van der Waals surface area (Å²) in [4.78, 5) is 8.01. The Morgan fingerprint density at radius 1 is 1.20 bits per heavy atom. The van der Waals surface area contributed by atoms with Crippen molar-refractivity contribution >= 4 is 11.8 Å². The van der Waals surface area contributed by atoms with Crippen LogP contribution in [0.5, 0.6) is 0 Å². The first-order valence-corrected chi connectivity index (χ1v) is 6.59. The van der Waals surface area contributed by atoms with E-state index in [-0.39, 0.29) is 0 Å². The minimum Gasteiger partial charge on any atom is -0.326 e. The molecule has 3 nitrogen and oxygen atoms in total. The van der Waals surface area contributed by atoms with E-state index in [9.17, 15) is 13.2 Å². The van der Waals surface area contributed by atoms with Gasteiger partial charge in [-0.1, -0.05) is 0 Å². The van der Waals surface area contributed by atoms with Gasteiger partial charge in [-0.2, -0.15) is 13.2 Å². The van der Waals surface area contributed by atoms with Crippen LogP contribution in [0, 0.1) is 6.92 Å². The quantitative estimate of drug-likeness (QED) is 0.943. The van der Waals surface area contributed by atoms with E-state index in [2.05, 4.69) is 9.97 Å². The lowest BCUT2D eigenvalue weighted by Gasteiger charge is -2.09. The molecule has 0 fully saturated rings. The molecule has 2 aromatic rings. The number of hydrogen-bond acceptors (Lipinski definition) is 4. The molecule has 0 aliphatic heterocycles. The first-order valence-electron chi connectivity index (χ1n) is 5.77. The zero-order chi connectivity index (χ0) is 14.8. The molecule has 0 unspecified atom stereocenters. The summed E-state index contributed by atoms with van der Waals surface area (Å²) in [5.74, 6) is 0. The van der Waals surface area contributed by atoms with Gasteiger partial charge in [0.05, 0.1) is 5.56 Å². The van der Waals surface area contributed by atoms with Gasteiger partial charge in [-0.3, -0.25) is 0 Å². The fourth-order valence-corrected chi connectivity index (χ4v) is 2.53. The third-order valence-electron chi connectivity index (χ3n) is 2.72. The summed E-state index contributed by atoms with van der Waals surface area (Å²) in [5.41, 5.74) is 6.77. The Morgan fingerprint density at radius 3 is 2.50 bits per heavy atom. The van der Waals surface area contributed by atoms with Crippen LogP contribution >= 0.6 is 11.8 Å². The van der Waals surface area contributed by atoms with Gasteiger partial charge in [-0.25, -0.2) is 9.97 Å². The summed E-state index contributed by atoms with van der Waals surface area (Å²) >= 11 is 1.20. The van der Waals surface area contributed by atoms with Crippen LogP contribution < -0.4 is 5.73 Å². The average molecular weight is 299 g/mol. The zero-order valence-electron chi connectivity index (χ0n) is 10.6. The number of aryl methyl sites for hydroxylation is 1. The summed E-state index contributed by atoms with van der Waals surface area (Å²) in [6.45, 7) is 2.23. The van der Waals surface area contributed by atoms with Crippen molar-refractivity contribution in [3.63, 3.8) is 0 Å². The predicted octanol–water partition coefficient (Wildman–Crippen LogP) is 3.41. The molecule has 0 radical (unpaired) electrons. The van der Waals surface area contributed by atoms with Gasteiger partial charge in [-0.15, -0.1) is 0 Å². The molecule has 0 atom stereocenters. The third kappa shape index (κ3) is 3.29. The van der Waals surface area contributed by atoms with E-state index in [0.29, 0.717) is 16.6 Å². The van der Waals surface area contributed by atoms with E-state index in [4.69, 9.17) is 5.73 Å². The monoisotopic (exact) mass is 299 g/mol. The van der Waals surface area contributed by atoms with Gasteiger partial charge < -0.3 is 5.73 Å². The first-order chi connectivity index (χ1) is 9.41. The predicted molar refractivity (Wildman–Crippen MR) is 70.2 cm³/mol. The smallest absolute Gasteiger partial charge is 0.326 e. The second-order valence-corrected chi connectivity index (χ2v) is 5.11. The van der Waals surface area contributed by atoms with Crippen LogP contribution in [-0.2, 0) is 12.7 Å². The Labute approximate surface area is 118 Å². The molecule has 7 heteroatoms. The molecule has 0 aromatic carbocycles. The SMILES string of the molecule is Cc1ccnc(Sc2ccc(C(F)(F)F)cn2)c1CN. The second kappa shape index (κ2) is 5.80. The largest absolute Gasteiger partial charge is 0.417 e. The number of pyridine rings is 2. The molecule has 0 aliphatic rings. The Balaban J connectivity index is 2.25. The highest BCUT2D eigenvalue weighted by Crippen LogP contribution is 2.32. The maximum atomic E-state index is 12.4. The summed E-state index contributed by atoms with van der Waals surface area (Å²) in [5, 5.41) is 1.12. The highest BCUT2D eigenvalue weighted by molar-refractivity contribution is 7.99. The molecule has 106 valence electrons. The van der Waals surface area contributed by atoms with Gasteiger partial charge >= 0.3 is 6.18 Å². The summed E-state index contributed by atoms with van der Waals surface area (Å²) < 4.78 is 37.3. The third-order valence-corrected chi connectivity index (χ3v) is 3.72. The van der Waals surface area contributed by atoms with Gasteiger partial charge in [0, 0.05) is 24.5 Å². The molecule has 2 heterocycles. The fourth-order valence-electron chi connectivity index (χ4n) is 1.61. The van der Waals surface area contributed by atoms with Crippen LogP contribution in [0.1, 0.15) is 16.7 Å². The Bertz CT molecular complexity index is 597. The number of rotatable bonds is 3. The average Bonchev–Trinajstić information content (AvgIpc) is 2.38. The van der Waals surface area contributed by atoms with Gasteiger partial charge in [-0.05, 0) is 42.4 Å². The van der Waals surface area contributed by atoms with Crippen molar-refractivity contribution < 1.29 is 13.2 Å². The Hall–Kier alpha value is -1.60. The molecule has 0 saturated heterocycles. The molecular weight excluding hydrogens is 287 g/mol. The molecule has 0 bridgehead atoms. The maximum Gasteiger partial charge on any atom is 0.417 e. The molecule has 0 spiro atoms. The van der Waals surface area contributed by atoms with Crippen molar-refractivity contribution in [3.05, 3.63) is 47.3 Å². The van der Waals surface area contributed by atoms with Crippen molar-refractivity contribution in [3.8, 4) is 0 Å². The molecule has 0 amide bonds. The minimum absolute atomic E-state index is 0.322. The summed E-state index contributed by atoms with van der Waals surface area (Å²) in [6.07, 6.45) is -1.92. The summed E-state index contributed by atoms with van der Waals surface area (Å²) in [6, 6.07) is 4.18. The minimum atomic E-state index is -4.37. The van der Waals surface area contributed by atoms with Crippen LogP contribution in [0.25, 0.3) is 0 Å². The lowest BCUT2D eigenvalue weighted by molar-refractivity contribution is -0.137. The molecule has 0 aliphatic carbocycles. The second-order valence-electron chi connectivity index (χ2n) is 4.10. The number of aromatic nitrogens is 2. The fraction of sp³-hybridized carbons (Fsp3) is 0.231. The number of nitrogens with two attached hydrogens (primary N) is 1.